The minimum Gasteiger partial charge on any atom is -0.324 e. The van der Waals surface area contributed by atoms with Crippen molar-refractivity contribution in [3.8, 4) is 0 Å². The lowest BCUT2D eigenvalue weighted by atomic mass is 10.0. The van der Waals surface area contributed by atoms with Crippen LogP contribution in [0.4, 0.5) is 0 Å². The second-order valence-electron chi connectivity index (χ2n) is 11.3. The maximum Gasteiger partial charge on any atom is 0.0786 e. The summed E-state index contributed by atoms with van der Waals surface area (Å²) >= 11 is 0. The summed E-state index contributed by atoms with van der Waals surface area (Å²) in [5, 5.41) is 0. The van der Waals surface area contributed by atoms with Crippen molar-refractivity contribution in [2.45, 2.75) is 182 Å². The lowest BCUT2D eigenvalue weighted by Gasteiger charge is -2.39. The molecule has 0 spiro atoms. The van der Waals surface area contributed by atoms with Crippen molar-refractivity contribution in [2.24, 2.45) is 0 Å². The van der Waals surface area contributed by atoms with Crippen LogP contribution < -0.4 is 0 Å². The van der Waals surface area contributed by atoms with Crippen molar-refractivity contribution < 1.29 is 4.48 Å². The van der Waals surface area contributed by atoms with E-state index in [0.717, 1.165) is 0 Å². The Balaban J connectivity index is 4.58. The molecule has 0 aromatic heterocycles. The predicted octanol–water partition coefficient (Wildman–Crippen LogP) is 11.2. The molecule has 0 unspecified atom stereocenters. The molecule has 200 valence electrons. The number of rotatable bonds is 28. The maximum absolute atomic E-state index is 2.36. The van der Waals surface area contributed by atoms with Gasteiger partial charge in [-0.25, -0.2) is 0 Å². The molecule has 0 aliphatic heterocycles. The number of nitrogens with zero attached hydrogens (tertiary/aromatic N) is 1. The summed E-state index contributed by atoms with van der Waals surface area (Å²) in [5.74, 6) is 0. The average Bonchev–Trinajstić information content (AvgIpc) is 2.83. The Morgan fingerprint density at radius 1 is 0.242 bits per heavy atom. The summed E-state index contributed by atoms with van der Waals surface area (Å²) in [6.45, 7) is 15.3. The highest BCUT2D eigenvalue weighted by atomic mass is 15.3. The molecule has 0 heterocycles. The first-order valence-electron chi connectivity index (χ1n) is 16.1. The van der Waals surface area contributed by atoms with Crippen LogP contribution in [0.1, 0.15) is 182 Å². The summed E-state index contributed by atoms with van der Waals surface area (Å²) in [6, 6.07) is 0. The molecular formula is C32H68N+. The van der Waals surface area contributed by atoms with Crippen LogP contribution in [0.15, 0.2) is 0 Å². The van der Waals surface area contributed by atoms with E-state index in [-0.39, 0.29) is 0 Å². The van der Waals surface area contributed by atoms with Gasteiger partial charge in [0.25, 0.3) is 0 Å². The van der Waals surface area contributed by atoms with E-state index in [1.165, 1.54) is 185 Å². The highest BCUT2D eigenvalue weighted by Gasteiger charge is 2.25. The molecule has 1 heteroatoms. The third-order valence-corrected chi connectivity index (χ3v) is 7.94. The summed E-state index contributed by atoms with van der Waals surface area (Å²) in [7, 11) is 0. The zero-order valence-electron chi connectivity index (χ0n) is 24.2. The zero-order chi connectivity index (χ0) is 24.3. The fourth-order valence-electron chi connectivity index (χ4n) is 5.58. The molecule has 0 aromatic rings. The first kappa shape index (κ1) is 33.0. The first-order valence-corrected chi connectivity index (χ1v) is 16.1. The third kappa shape index (κ3) is 22.2. The third-order valence-electron chi connectivity index (χ3n) is 7.94. The van der Waals surface area contributed by atoms with Crippen LogP contribution in [0.25, 0.3) is 0 Å². The molecule has 0 radical (unpaired) electrons. The van der Waals surface area contributed by atoms with Crippen LogP contribution in [0.5, 0.6) is 0 Å². The van der Waals surface area contributed by atoms with E-state index >= 15 is 0 Å². The molecular weight excluding hydrogens is 398 g/mol. The van der Waals surface area contributed by atoms with E-state index in [4.69, 9.17) is 0 Å². The quantitative estimate of drug-likeness (QED) is 0.0794. The van der Waals surface area contributed by atoms with Crippen molar-refractivity contribution in [3.05, 3.63) is 0 Å². The van der Waals surface area contributed by atoms with Gasteiger partial charge in [-0.15, -0.1) is 0 Å². The molecule has 0 aliphatic carbocycles. The predicted molar refractivity (Wildman–Crippen MR) is 153 cm³/mol. The van der Waals surface area contributed by atoms with E-state index in [2.05, 4.69) is 27.7 Å². The first-order chi connectivity index (χ1) is 16.2. The van der Waals surface area contributed by atoms with Gasteiger partial charge in [-0.05, 0) is 51.4 Å². The van der Waals surface area contributed by atoms with E-state index in [9.17, 15) is 0 Å². The molecule has 0 N–H and O–H groups in total. The Hall–Kier alpha value is -0.0400. The maximum atomic E-state index is 2.36. The van der Waals surface area contributed by atoms with Crippen molar-refractivity contribution in [3.63, 3.8) is 0 Å². The van der Waals surface area contributed by atoms with Crippen molar-refractivity contribution in [1.29, 1.82) is 0 Å². The summed E-state index contributed by atoms with van der Waals surface area (Å²) < 4.78 is 1.47. The zero-order valence-corrected chi connectivity index (χ0v) is 24.2. The summed E-state index contributed by atoms with van der Waals surface area (Å²) in [5.41, 5.74) is 0. The smallest absolute Gasteiger partial charge is 0.0786 e. The second-order valence-corrected chi connectivity index (χ2v) is 11.3. The van der Waals surface area contributed by atoms with Crippen molar-refractivity contribution in [1.82, 2.24) is 0 Å². The highest BCUT2D eigenvalue weighted by molar-refractivity contribution is 4.54. The topological polar surface area (TPSA) is 0 Å². The van der Waals surface area contributed by atoms with Gasteiger partial charge in [0.15, 0.2) is 0 Å². The molecule has 0 aromatic carbocycles. The van der Waals surface area contributed by atoms with E-state index < -0.39 is 0 Å². The molecule has 1 nitrogen and oxygen atoms in total. The molecule has 0 saturated carbocycles. The SMILES string of the molecule is CCCCCCCCCC[N+](CCCCCC)(CCCCCC)CCCCCCCCCC. The fraction of sp³-hybridized carbons (Fsp3) is 1.00. The average molecular weight is 467 g/mol. The number of hydrogen-bond donors (Lipinski definition) is 0. The van der Waals surface area contributed by atoms with E-state index in [1.807, 2.05) is 0 Å². The van der Waals surface area contributed by atoms with Gasteiger partial charge >= 0.3 is 0 Å². The molecule has 0 aliphatic rings. The second kappa shape index (κ2) is 26.6. The minimum atomic E-state index is 1.37. The van der Waals surface area contributed by atoms with Crippen LogP contribution >= 0.6 is 0 Å². The van der Waals surface area contributed by atoms with Gasteiger partial charge in [0.05, 0.1) is 26.2 Å². The lowest BCUT2D eigenvalue weighted by molar-refractivity contribution is -0.929. The highest BCUT2D eigenvalue weighted by Crippen LogP contribution is 2.20. The van der Waals surface area contributed by atoms with Gasteiger partial charge in [0.2, 0.25) is 0 Å². The Morgan fingerprint density at radius 3 is 0.667 bits per heavy atom. The van der Waals surface area contributed by atoms with Gasteiger partial charge in [-0.2, -0.15) is 0 Å². The molecule has 0 amide bonds. The molecule has 0 bridgehead atoms. The summed E-state index contributed by atoms with van der Waals surface area (Å²) in [6.07, 6.45) is 34.8. The Bertz CT molecular complexity index is 316. The summed E-state index contributed by atoms with van der Waals surface area (Å²) in [4.78, 5) is 0. The molecule has 33 heavy (non-hydrogen) atoms. The Morgan fingerprint density at radius 2 is 0.424 bits per heavy atom. The van der Waals surface area contributed by atoms with Gasteiger partial charge in [0.1, 0.15) is 0 Å². The van der Waals surface area contributed by atoms with Gasteiger partial charge in [0, 0.05) is 0 Å². The minimum absolute atomic E-state index is 1.37. The van der Waals surface area contributed by atoms with Crippen LogP contribution in [0, 0.1) is 0 Å². The number of hydrogen-bond acceptors (Lipinski definition) is 0. The number of quaternary nitrogens is 1. The Labute approximate surface area is 212 Å². The molecule has 0 rings (SSSR count). The van der Waals surface area contributed by atoms with Gasteiger partial charge in [-0.3, -0.25) is 0 Å². The number of unbranched alkanes of at least 4 members (excludes halogenated alkanes) is 20. The van der Waals surface area contributed by atoms with Crippen molar-refractivity contribution in [2.75, 3.05) is 26.2 Å². The lowest BCUT2D eigenvalue weighted by Crippen LogP contribution is -2.50. The van der Waals surface area contributed by atoms with Gasteiger partial charge in [-0.1, -0.05) is 130 Å². The van der Waals surface area contributed by atoms with Crippen LogP contribution in [0.3, 0.4) is 0 Å². The van der Waals surface area contributed by atoms with Crippen LogP contribution in [-0.2, 0) is 0 Å². The monoisotopic (exact) mass is 467 g/mol. The van der Waals surface area contributed by atoms with Crippen molar-refractivity contribution >= 4 is 0 Å². The standard InChI is InChI=1S/C32H68N/c1-5-9-13-17-19-21-23-27-31-33(29-25-15-11-7-3,30-26-16-12-8-4)32-28-24-22-20-18-14-10-6-2/h5-32H2,1-4H3/q+1. The van der Waals surface area contributed by atoms with Crippen LogP contribution in [0.2, 0.25) is 0 Å². The molecule has 0 atom stereocenters. The largest absolute Gasteiger partial charge is 0.324 e. The molecule has 0 fully saturated rings. The fourth-order valence-corrected chi connectivity index (χ4v) is 5.58. The van der Waals surface area contributed by atoms with E-state index in [0.29, 0.717) is 0 Å². The molecule has 0 saturated heterocycles. The van der Waals surface area contributed by atoms with Crippen LogP contribution in [-0.4, -0.2) is 30.7 Å². The Kier molecular flexibility index (Phi) is 26.5. The van der Waals surface area contributed by atoms with Gasteiger partial charge < -0.3 is 4.48 Å². The van der Waals surface area contributed by atoms with E-state index in [1.54, 1.807) is 0 Å². The normalized spacial score (nSPS) is 12.0.